The number of aliphatic hydroxyl groups excluding tert-OH is 1. The van der Waals surface area contributed by atoms with E-state index in [4.69, 9.17) is 0 Å². The molecule has 0 saturated heterocycles. The highest BCUT2D eigenvalue weighted by Gasteiger charge is 2.12. The van der Waals surface area contributed by atoms with E-state index in [1.807, 2.05) is 13.8 Å². The van der Waals surface area contributed by atoms with E-state index in [1.165, 1.54) is 0 Å². The number of rotatable bonds is 8. The number of nitrogens with one attached hydrogen (secondary N) is 2. The van der Waals surface area contributed by atoms with Crippen LogP contribution >= 0.6 is 0 Å². The molecule has 0 saturated carbocycles. The second-order valence-electron chi connectivity index (χ2n) is 5.37. The largest absolute Gasteiger partial charge is 0.393 e. The molecule has 3 N–H and O–H groups in total. The maximum Gasteiger partial charge on any atom is 0.135 e. The molecule has 1 aromatic rings. The Hall–Kier alpha value is -1.36. The highest BCUT2D eigenvalue weighted by molar-refractivity contribution is 5.57. The van der Waals surface area contributed by atoms with Gasteiger partial charge in [0, 0.05) is 24.6 Å². The quantitative estimate of drug-likeness (QED) is 0.683. The van der Waals surface area contributed by atoms with Crippen LogP contribution in [0.4, 0.5) is 11.6 Å². The number of hydrogen-bond acceptors (Lipinski definition) is 5. The van der Waals surface area contributed by atoms with E-state index in [2.05, 4.69) is 41.4 Å². The summed E-state index contributed by atoms with van der Waals surface area (Å²) in [5, 5.41) is 16.2. The molecule has 0 aromatic carbocycles. The standard InChI is InChI=1S/C15H28N4O/c1-6-12(20)8-9-17-15-11(5)14(16-7-2)18-13(19-15)10(3)4/h10,12,20H,6-9H2,1-5H3,(H2,16,17,18,19). The summed E-state index contributed by atoms with van der Waals surface area (Å²) in [6.07, 6.45) is 1.26. The smallest absolute Gasteiger partial charge is 0.135 e. The lowest BCUT2D eigenvalue weighted by Gasteiger charge is -2.16. The van der Waals surface area contributed by atoms with Crippen LogP contribution in [0.1, 0.15) is 57.8 Å². The van der Waals surface area contributed by atoms with Crippen LogP contribution in [0.5, 0.6) is 0 Å². The molecule has 1 aromatic heterocycles. The third-order valence-corrected chi connectivity index (χ3v) is 3.26. The summed E-state index contributed by atoms with van der Waals surface area (Å²) < 4.78 is 0. The molecule has 1 rings (SSSR count). The minimum atomic E-state index is -0.248. The molecule has 20 heavy (non-hydrogen) atoms. The van der Waals surface area contributed by atoms with Gasteiger partial charge in [-0.3, -0.25) is 0 Å². The number of hydrogen-bond donors (Lipinski definition) is 3. The van der Waals surface area contributed by atoms with Gasteiger partial charge >= 0.3 is 0 Å². The molecule has 0 spiro atoms. The van der Waals surface area contributed by atoms with Crippen molar-refractivity contribution >= 4 is 11.6 Å². The zero-order valence-corrected chi connectivity index (χ0v) is 13.3. The molecule has 1 unspecified atom stereocenters. The fraction of sp³-hybridized carbons (Fsp3) is 0.733. The van der Waals surface area contributed by atoms with Gasteiger partial charge in [0.15, 0.2) is 0 Å². The van der Waals surface area contributed by atoms with E-state index in [0.717, 1.165) is 49.0 Å². The van der Waals surface area contributed by atoms with Crippen LogP contribution in [0, 0.1) is 6.92 Å². The molecule has 0 aliphatic heterocycles. The van der Waals surface area contributed by atoms with Crippen molar-refractivity contribution in [1.29, 1.82) is 0 Å². The molecule has 0 fully saturated rings. The van der Waals surface area contributed by atoms with E-state index in [1.54, 1.807) is 0 Å². The van der Waals surface area contributed by atoms with Crippen molar-refractivity contribution in [1.82, 2.24) is 9.97 Å². The number of aromatic nitrogens is 2. The SMILES string of the molecule is CCNc1nc(C(C)C)nc(NCCC(O)CC)c1C. The van der Waals surface area contributed by atoms with Gasteiger partial charge in [-0.25, -0.2) is 9.97 Å². The van der Waals surface area contributed by atoms with Crippen LogP contribution in [0.2, 0.25) is 0 Å². The van der Waals surface area contributed by atoms with Crippen LogP contribution < -0.4 is 10.6 Å². The first kappa shape index (κ1) is 16.7. The minimum absolute atomic E-state index is 0.248. The second-order valence-corrected chi connectivity index (χ2v) is 5.37. The number of anilines is 2. The fourth-order valence-electron chi connectivity index (χ4n) is 1.87. The average Bonchev–Trinajstić information content (AvgIpc) is 2.42. The summed E-state index contributed by atoms with van der Waals surface area (Å²) in [6, 6.07) is 0. The highest BCUT2D eigenvalue weighted by atomic mass is 16.3. The molecule has 0 bridgehead atoms. The van der Waals surface area contributed by atoms with E-state index in [-0.39, 0.29) is 12.0 Å². The summed E-state index contributed by atoms with van der Waals surface area (Å²) in [6.45, 7) is 11.8. The lowest BCUT2D eigenvalue weighted by molar-refractivity contribution is 0.164. The Kier molecular flexibility index (Phi) is 6.71. The number of aliphatic hydroxyl groups is 1. The maximum absolute atomic E-state index is 9.60. The first-order valence-corrected chi connectivity index (χ1v) is 7.53. The zero-order valence-electron chi connectivity index (χ0n) is 13.3. The summed E-state index contributed by atoms with van der Waals surface area (Å²) in [5.41, 5.74) is 1.03. The van der Waals surface area contributed by atoms with Crippen LogP contribution in [-0.4, -0.2) is 34.3 Å². The lowest BCUT2D eigenvalue weighted by Crippen LogP contribution is -2.16. The molecular formula is C15H28N4O. The lowest BCUT2D eigenvalue weighted by atomic mass is 10.2. The molecule has 0 aliphatic carbocycles. The second kappa shape index (κ2) is 8.04. The average molecular weight is 280 g/mol. The highest BCUT2D eigenvalue weighted by Crippen LogP contribution is 2.23. The predicted octanol–water partition coefficient (Wildman–Crippen LogP) is 2.91. The molecule has 1 atom stereocenters. The van der Waals surface area contributed by atoms with Gasteiger partial charge < -0.3 is 15.7 Å². The zero-order chi connectivity index (χ0) is 15.1. The first-order chi connectivity index (χ1) is 9.49. The monoisotopic (exact) mass is 280 g/mol. The molecule has 0 aliphatic rings. The van der Waals surface area contributed by atoms with Crippen molar-refractivity contribution in [3.05, 3.63) is 11.4 Å². The third kappa shape index (κ3) is 4.63. The van der Waals surface area contributed by atoms with Gasteiger partial charge in [-0.2, -0.15) is 0 Å². The molecular weight excluding hydrogens is 252 g/mol. The summed E-state index contributed by atoms with van der Waals surface area (Å²) in [4.78, 5) is 9.16. The van der Waals surface area contributed by atoms with Crippen molar-refractivity contribution in [2.24, 2.45) is 0 Å². The Bertz CT molecular complexity index is 421. The molecule has 1 heterocycles. The van der Waals surface area contributed by atoms with Crippen LogP contribution in [0.25, 0.3) is 0 Å². The normalized spacial score (nSPS) is 12.6. The Morgan fingerprint density at radius 2 is 1.70 bits per heavy atom. The van der Waals surface area contributed by atoms with Gasteiger partial charge in [0.05, 0.1) is 6.10 Å². The minimum Gasteiger partial charge on any atom is -0.393 e. The van der Waals surface area contributed by atoms with Crippen LogP contribution in [0.3, 0.4) is 0 Å². The van der Waals surface area contributed by atoms with Crippen molar-refractivity contribution in [2.75, 3.05) is 23.7 Å². The maximum atomic E-state index is 9.60. The van der Waals surface area contributed by atoms with Crippen molar-refractivity contribution in [2.45, 2.75) is 59.5 Å². The van der Waals surface area contributed by atoms with E-state index in [0.29, 0.717) is 0 Å². The Balaban J connectivity index is 2.87. The van der Waals surface area contributed by atoms with Gasteiger partial charge in [-0.15, -0.1) is 0 Å². The van der Waals surface area contributed by atoms with Gasteiger partial charge in [0.1, 0.15) is 17.5 Å². The van der Waals surface area contributed by atoms with Gasteiger partial charge in [-0.1, -0.05) is 20.8 Å². The van der Waals surface area contributed by atoms with Gasteiger partial charge in [0.25, 0.3) is 0 Å². The summed E-state index contributed by atoms with van der Waals surface area (Å²) in [5.74, 6) is 2.88. The van der Waals surface area contributed by atoms with E-state index < -0.39 is 0 Å². The van der Waals surface area contributed by atoms with Crippen molar-refractivity contribution in [3.8, 4) is 0 Å². The topological polar surface area (TPSA) is 70.1 Å². The fourth-order valence-corrected chi connectivity index (χ4v) is 1.87. The molecule has 5 nitrogen and oxygen atoms in total. The molecule has 0 radical (unpaired) electrons. The van der Waals surface area contributed by atoms with Crippen LogP contribution in [0.15, 0.2) is 0 Å². The predicted molar refractivity (Wildman–Crippen MR) is 84.4 cm³/mol. The van der Waals surface area contributed by atoms with Crippen molar-refractivity contribution < 1.29 is 5.11 Å². The van der Waals surface area contributed by atoms with Crippen LogP contribution in [-0.2, 0) is 0 Å². The summed E-state index contributed by atoms with van der Waals surface area (Å²) >= 11 is 0. The van der Waals surface area contributed by atoms with Crippen molar-refractivity contribution in [3.63, 3.8) is 0 Å². The van der Waals surface area contributed by atoms with E-state index >= 15 is 0 Å². The van der Waals surface area contributed by atoms with Gasteiger partial charge in [0.2, 0.25) is 0 Å². The Morgan fingerprint density at radius 1 is 1.10 bits per heavy atom. The first-order valence-electron chi connectivity index (χ1n) is 7.53. The molecule has 0 amide bonds. The van der Waals surface area contributed by atoms with E-state index in [9.17, 15) is 5.11 Å². The number of nitrogens with zero attached hydrogens (tertiary/aromatic N) is 2. The molecule has 114 valence electrons. The third-order valence-electron chi connectivity index (χ3n) is 3.26. The van der Waals surface area contributed by atoms with Gasteiger partial charge in [-0.05, 0) is 26.7 Å². The molecule has 5 heteroatoms. The Labute approximate surface area is 122 Å². The summed E-state index contributed by atoms with van der Waals surface area (Å²) in [7, 11) is 0. The Morgan fingerprint density at radius 3 is 2.20 bits per heavy atom.